The van der Waals surface area contributed by atoms with Crippen LogP contribution in [0, 0.1) is 0 Å². The average molecular weight is 438 g/mol. The molecule has 5 nitrogen and oxygen atoms in total. The number of aliphatic imine (C=N–C) groups is 1. The minimum Gasteiger partial charge on any atom is -0.487 e. The fourth-order valence-electron chi connectivity index (χ4n) is 1.81. The average Bonchev–Trinajstić information content (AvgIpc) is 2.58. The van der Waals surface area contributed by atoms with Gasteiger partial charge in [-0.2, -0.15) is 0 Å². The lowest BCUT2D eigenvalue weighted by Gasteiger charge is -2.07. The van der Waals surface area contributed by atoms with E-state index in [1.54, 1.807) is 6.20 Å². The third-order valence-electron chi connectivity index (χ3n) is 3.04. The van der Waals surface area contributed by atoms with Crippen molar-refractivity contribution in [1.29, 1.82) is 0 Å². The van der Waals surface area contributed by atoms with Gasteiger partial charge in [0.05, 0.1) is 12.2 Å². The van der Waals surface area contributed by atoms with Crippen LogP contribution in [-0.2, 0) is 13.2 Å². The molecule has 0 amide bonds. The Hall–Kier alpha value is -2.09. The Kier molecular flexibility index (Phi) is 8.85. The second-order valence-corrected chi connectivity index (χ2v) is 5.27. The molecule has 0 aliphatic heterocycles. The zero-order valence-corrected chi connectivity index (χ0v) is 16.1. The van der Waals surface area contributed by atoms with Crippen molar-refractivity contribution in [2.45, 2.75) is 20.1 Å². The van der Waals surface area contributed by atoms with Gasteiger partial charge in [0.2, 0.25) is 0 Å². The standard InChI is InChI=1S/C18H22N4O.HI/c1-14(2)11-21-18(19)22-12-15-6-8-17(9-7-15)23-13-16-5-3-4-10-20-16;/h3-10H,1,11-13H2,2H3,(H3,19,21,22);1H. The van der Waals surface area contributed by atoms with Crippen molar-refractivity contribution in [2.24, 2.45) is 10.7 Å². The topological polar surface area (TPSA) is 72.5 Å². The van der Waals surface area contributed by atoms with E-state index in [4.69, 9.17) is 10.5 Å². The number of nitrogens with two attached hydrogens (primary N) is 1. The number of guanidine groups is 1. The number of halogens is 1. The third-order valence-corrected chi connectivity index (χ3v) is 3.04. The third kappa shape index (κ3) is 7.45. The summed E-state index contributed by atoms with van der Waals surface area (Å²) in [4.78, 5) is 8.50. The molecular weight excluding hydrogens is 415 g/mol. The Morgan fingerprint density at radius 1 is 1.25 bits per heavy atom. The van der Waals surface area contributed by atoms with Crippen LogP contribution in [0.1, 0.15) is 18.2 Å². The van der Waals surface area contributed by atoms with E-state index in [0.29, 0.717) is 25.7 Å². The molecule has 0 unspecified atom stereocenters. The number of benzene rings is 1. The van der Waals surface area contributed by atoms with Gasteiger partial charge in [-0.25, -0.2) is 4.99 Å². The van der Waals surface area contributed by atoms with Crippen molar-refractivity contribution >= 4 is 29.9 Å². The summed E-state index contributed by atoms with van der Waals surface area (Å²) in [6.07, 6.45) is 1.76. The van der Waals surface area contributed by atoms with Gasteiger partial charge in [-0.05, 0) is 36.8 Å². The van der Waals surface area contributed by atoms with Crippen LogP contribution in [0.3, 0.4) is 0 Å². The molecule has 2 rings (SSSR count). The molecular formula is C18H23IN4O. The Labute approximate surface area is 160 Å². The molecule has 0 fully saturated rings. The first-order valence-electron chi connectivity index (χ1n) is 7.43. The number of aromatic nitrogens is 1. The predicted molar refractivity (Wildman–Crippen MR) is 109 cm³/mol. The number of nitrogens with one attached hydrogen (secondary N) is 1. The highest BCUT2D eigenvalue weighted by molar-refractivity contribution is 14.0. The highest BCUT2D eigenvalue weighted by atomic mass is 127. The second kappa shape index (κ2) is 10.6. The van der Waals surface area contributed by atoms with Crippen LogP contribution in [0.4, 0.5) is 0 Å². The molecule has 3 N–H and O–H groups in total. The summed E-state index contributed by atoms with van der Waals surface area (Å²) in [5, 5.41) is 3.00. The molecule has 1 aromatic carbocycles. The van der Waals surface area contributed by atoms with Crippen LogP contribution in [0.2, 0.25) is 0 Å². The zero-order chi connectivity index (χ0) is 16.5. The number of ether oxygens (including phenoxy) is 1. The molecule has 2 aromatic rings. The molecule has 0 saturated carbocycles. The van der Waals surface area contributed by atoms with Gasteiger partial charge in [-0.1, -0.05) is 30.4 Å². The molecule has 1 heterocycles. The number of rotatable bonds is 7. The minimum atomic E-state index is 0. The smallest absolute Gasteiger partial charge is 0.189 e. The van der Waals surface area contributed by atoms with E-state index in [-0.39, 0.29) is 24.0 Å². The monoisotopic (exact) mass is 438 g/mol. The lowest BCUT2D eigenvalue weighted by Crippen LogP contribution is -2.32. The number of hydrogen-bond acceptors (Lipinski definition) is 3. The van der Waals surface area contributed by atoms with Gasteiger partial charge in [0.15, 0.2) is 5.96 Å². The fraction of sp³-hybridized carbons (Fsp3) is 0.222. The lowest BCUT2D eigenvalue weighted by atomic mass is 10.2. The van der Waals surface area contributed by atoms with Crippen LogP contribution in [0.15, 0.2) is 65.8 Å². The van der Waals surface area contributed by atoms with Crippen LogP contribution in [0.5, 0.6) is 5.75 Å². The van der Waals surface area contributed by atoms with Crippen LogP contribution >= 0.6 is 24.0 Å². The molecule has 0 aliphatic carbocycles. The minimum absolute atomic E-state index is 0. The van der Waals surface area contributed by atoms with Crippen LogP contribution < -0.4 is 15.8 Å². The van der Waals surface area contributed by atoms with Crippen LogP contribution in [-0.4, -0.2) is 17.5 Å². The lowest BCUT2D eigenvalue weighted by molar-refractivity contribution is 0.301. The van der Waals surface area contributed by atoms with Gasteiger partial charge in [0, 0.05) is 12.7 Å². The van der Waals surface area contributed by atoms with Crippen molar-refractivity contribution < 1.29 is 4.74 Å². The largest absolute Gasteiger partial charge is 0.487 e. The Morgan fingerprint density at radius 2 is 2.00 bits per heavy atom. The molecule has 0 spiro atoms. The zero-order valence-electron chi connectivity index (χ0n) is 13.7. The Balaban J connectivity index is 0.00000288. The van der Waals surface area contributed by atoms with Gasteiger partial charge in [0.1, 0.15) is 12.4 Å². The quantitative estimate of drug-likeness (QED) is 0.301. The predicted octanol–water partition coefficient (Wildman–Crippen LogP) is 3.26. The van der Waals surface area contributed by atoms with Gasteiger partial charge in [-0.15, -0.1) is 24.0 Å². The van der Waals surface area contributed by atoms with Gasteiger partial charge in [-0.3, -0.25) is 4.98 Å². The van der Waals surface area contributed by atoms with Crippen LogP contribution in [0.25, 0.3) is 0 Å². The van der Waals surface area contributed by atoms with Crippen molar-refractivity contribution in [2.75, 3.05) is 6.54 Å². The van der Waals surface area contributed by atoms with E-state index in [2.05, 4.69) is 21.9 Å². The van der Waals surface area contributed by atoms with Gasteiger partial charge < -0.3 is 15.8 Å². The van der Waals surface area contributed by atoms with Crippen molar-refractivity contribution in [1.82, 2.24) is 10.3 Å². The molecule has 0 radical (unpaired) electrons. The summed E-state index contributed by atoms with van der Waals surface area (Å²) >= 11 is 0. The molecule has 6 heteroatoms. The summed E-state index contributed by atoms with van der Waals surface area (Å²) in [6.45, 7) is 7.35. The highest BCUT2D eigenvalue weighted by Gasteiger charge is 1.98. The summed E-state index contributed by atoms with van der Waals surface area (Å²) in [6, 6.07) is 13.6. The Morgan fingerprint density at radius 3 is 2.62 bits per heavy atom. The number of hydrogen-bond donors (Lipinski definition) is 2. The van der Waals surface area contributed by atoms with Crippen molar-refractivity contribution in [3.8, 4) is 5.75 Å². The normalized spacial score (nSPS) is 10.6. The first-order chi connectivity index (χ1) is 11.1. The number of nitrogens with zero attached hydrogens (tertiary/aromatic N) is 2. The van der Waals surface area contributed by atoms with E-state index >= 15 is 0 Å². The summed E-state index contributed by atoms with van der Waals surface area (Å²) in [5.41, 5.74) is 8.76. The Bertz CT molecular complexity index is 656. The molecule has 1 aromatic heterocycles. The number of pyridine rings is 1. The molecule has 128 valence electrons. The molecule has 24 heavy (non-hydrogen) atoms. The van der Waals surface area contributed by atoms with E-state index in [1.165, 1.54) is 0 Å². The molecule has 0 aliphatic rings. The van der Waals surface area contributed by atoms with E-state index in [1.807, 2.05) is 49.4 Å². The summed E-state index contributed by atoms with van der Waals surface area (Å²) in [5.74, 6) is 1.22. The SMILES string of the molecule is C=C(C)CNC(N)=NCc1ccc(OCc2ccccn2)cc1.I. The molecule has 0 bridgehead atoms. The van der Waals surface area contributed by atoms with Gasteiger partial charge in [0.25, 0.3) is 0 Å². The first-order valence-corrected chi connectivity index (χ1v) is 7.43. The maximum atomic E-state index is 5.78. The summed E-state index contributed by atoms with van der Waals surface area (Å²) in [7, 11) is 0. The maximum absolute atomic E-state index is 5.78. The first kappa shape index (κ1) is 20.0. The molecule has 0 atom stereocenters. The van der Waals surface area contributed by atoms with Crippen molar-refractivity contribution in [3.63, 3.8) is 0 Å². The van der Waals surface area contributed by atoms with E-state index in [0.717, 1.165) is 22.6 Å². The maximum Gasteiger partial charge on any atom is 0.189 e. The fourth-order valence-corrected chi connectivity index (χ4v) is 1.81. The summed E-state index contributed by atoms with van der Waals surface area (Å²) < 4.78 is 5.69. The molecule has 0 saturated heterocycles. The highest BCUT2D eigenvalue weighted by Crippen LogP contribution is 2.14. The van der Waals surface area contributed by atoms with Crippen molar-refractivity contribution in [3.05, 3.63) is 72.1 Å². The van der Waals surface area contributed by atoms with E-state index < -0.39 is 0 Å². The second-order valence-electron chi connectivity index (χ2n) is 5.27. The van der Waals surface area contributed by atoms with Gasteiger partial charge >= 0.3 is 0 Å². The van der Waals surface area contributed by atoms with E-state index in [9.17, 15) is 0 Å².